The highest BCUT2D eigenvalue weighted by Gasteiger charge is 2.18. The Kier molecular flexibility index (Phi) is 5.56. The van der Waals surface area contributed by atoms with Crippen LogP contribution in [0.3, 0.4) is 0 Å². The summed E-state index contributed by atoms with van der Waals surface area (Å²) in [6.07, 6.45) is 1.62. The van der Waals surface area contributed by atoms with Crippen LogP contribution in [0.2, 0.25) is 0 Å². The van der Waals surface area contributed by atoms with Crippen molar-refractivity contribution in [3.05, 3.63) is 77.1 Å². The van der Waals surface area contributed by atoms with E-state index >= 15 is 0 Å². The molecule has 140 valence electrons. The molecule has 0 N–H and O–H groups in total. The van der Waals surface area contributed by atoms with Gasteiger partial charge in [-0.1, -0.05) is 18.2 Å². The van der Waals surface area contributed by atoms with Crippen molar-refractivity contribution in [2.75, 3.05) is 13.3 Å². The van der Waals surface area contributed by atoms with Crippen molar-refractivity contribution < 1.29 is 9.00 Å². The maximum atomic E-state index is 12.8. The number of carbonyl (C=O) groups is 1. The van der Waals surface area contributed by atoms with Gasteiger partial charge in [-0.15, -0.1) is 0 Å². The molecular weight excluding hydrogens is 358 g/mol. The maximum Gasteiger partial charge on any atom is 0.253 e. The quantitative estimate of drug-likeness (QED) is 0.680. The smallest absolute Gasteiger partial charge is 0.253 e. The number of hydrogen-bond acceptors (Lipinski definition) is 3. The van der Waals surface area contributed by atoms with Crippen LogP contribution in [0.4, 0.5) is 0 Å². The van der Waals surface area contributed by atoms with Crippen LogP contribution in [0, 0.1) is 13.8 Å². The number of hydrogen-bond donors (Lipinski definition) is 0. The first-order valence-corrected chi connectivity index (χ1v) is 10.2. The molecule has 3 aromatic rings. The van der Waals surface area contributed by atoms with Crippen LogP contribution in [0.15, 0.2) is 59.5 Å². The SMILES string of the molecule is Cc1nn(-c2ccccc2)c(C)c1CN(C)C(=O)c1ccc(S(C)=O)cc1. The average molecular weight is 382 g/mol. The van der Waals surface area contributed by atoms with Crippen LogP contribution >= 0.6 is 0 Å². The average Bonchev–Trinajstić information content (AvgIpc) is 2.96. The minimum Gasteiger partial charge on any atom is -0.337 e. The number of para-hydroxylation sites is 1. The first-order chi connectivity index (χ1) is 12.9. The van der Waals surface area contributed by atoms with Gasteiger partial charge < -0.3 is 4.90 Å². The largest absolute Gasteiger partial charge is 0.337 e. The van der Waals surface area contributed by atoms with Crippen molar-refractivity contribution in [1.29, 1.82) is 0 Å². The Bertz CT molecular complexity index is 979. The van der Waals surface area contributed by atoms with Crippen molar-refractivity contribution in [3.8, 4) is 5.69 Å². The first kappa shape index (κ1) is 19.0. The van der Waals surface area contributed by atoms with E-state index < -0.39 is 10.8 Å². The fraction of sp³-hybridized carbons (Fsp3) is 0.238. The van der Waals surface area contributed by atoms with Gasteiger partial charge in [-0.3, -0.25) is 9.00 Å². The summed E-state index contributed by atoms with van der Waals surface area (Å²) in [5, 5.41) is 4.64. The van der Waals surface area contributed by atoms with Crippen molar-refractivity contribution in [3.63, 3.8) is 0 Å². The summed E-state index contributed by atoms with van der Waals surface area (Å²) in [7, 11) is 0.734. The Labute approximate surface area is 162 Å². The van der Waals surface area contributed by atoms with E-state index in [0.29, 0.717) is 17.0 Å². The summed E-state index contributed by atoms with van der Waals surface area (Å²) in [6.45, 7) is 4.46. The van der Waals surface area contributed by atoms with Crippen molar-refractivity contribution >= 4 is 16.7 Å². The van der Waals surface area contributed by atoms with Gasteiger partial charge in [0.05, 0.1) is 11.4 Å². The molecule has 3 rings (SSSR count). The molecule has 0 saturated heterocycles. The molecular formula is C21H23N3O2S. The lowest BCUT2D eigenvalue weighted by Gasteiger charge is -2.18. The predicted octanol–water partition coefficient (Wildman–Crippen LogP) is 3.50. The Hall–Kier alpha value is -2.73. The zero-order chi connectivity index (χ0) is 19.6. The van der Waals surface area contributed by atoms with Crippen LogP contribution in [0.25, 0.3) is 5.69 Å². The van der Waals surface area contributed by atoms with E-state index in [2.05, 4.69) is 5.10 Å². The first-order valence-electron chi connectivity index (χ1n) is 8.68. The van der Waals surface area contributed by atoms with Gasteiger partial charge in [0.1, 0.15) is 0 Å². The van der Waals surface area contributed by atoms with E-state index in [4.69, 9.17) is 0 Å². The van der Waals surface area contributed by atoms with Gasteiger partial charge in [0.15, 0.2) is 0 Å². The summed E-state index contributed by atoms with van der Waals surface area (Å²) in [5.74, 6) is -0.0744. The van der Waals surface area contributed by atoms with E-state index in [1.165, 1.54) is 0 Å². The van der Waals surface area contributed by atoms with E-state index in [0.717, 1.165) is 22.6 Å². The highest BCUT2D eigenvalue weighted by atomic mass is 32.2. The molecule has 2 aromatic carbocycles. The molecule has 0 aliphatic heterocycles. The number of aromatic nitrogens is 2. The second-order valence-corrected chi connectivity index (χ2v) is 7.92. The standard InChI is InChI=1S/C21H23N3O2S/c1-15-20(16(2)24(22-15)18-8-6-5-7-9-18)14-23(3)21(25)17-10-12-19(13-11-17)27(4)26/h5-13H,14H2,1-4H3. The van der Waals surface area contributed by atoms with Crippen molar-refractivity contribution in [1.82, 2.24) is 14.7 Å². The summed E-state index contributed by atoms with van der Waals surface area (Å²) in [4.78, 5) is 15.2. The van der Waals surface area contributed by atoms with Gasteiger partial charge in [0.25, 0.3) is 5.91 Å². The Morgan fingerprint density at radius 1 is 1.07 bits per heavy atom. The zero-order valence-electron chi connectivity index (χ0n) is 16.0. The van der Waals surface area contributed by atoms with Crippen LogP contribution in [0.5, 0.6) is 0 Å². The van der Waals surface area contributed by atoms with Gasteiger partial charge in [-0.25, -0.2) is 4.68 Å². The van der Waals surface area contributed by atoms with Gasteiger partial charge in [-0.05, 0) is 50.2 Å². The predicted molar refractivity (Wildman–Crippen MR) is 108 cm³/mol. The molecule has 1 aromatic heterocycles. The molecule has 0 aliphatic rings. The van der Waals surface area contributed by atoms with Gasteiger partial charge in [-0.2, -0.15) is 5.10 Å². The highest BCUT2D eigenvalue weighted by molar-refractivity contribution is 7.84. The molecule has 6 heteroatoms. The number of nitrogens with zero attached hydrogens (tertiary/aromatic N) is 3. The van der Waals surface area contributed by atoms with Crippen molar-refractivity contribution in [2.45, 2.75) is 25.3 Å². The maximum absolute atomic E-state index is 12.8. The third-order valence-corrected chi connectivity index (χ3v) is 5.55. The zero-order valence-corrected chi connectivity index (χ0v) is 16.8. The molecule has 1 unspecified atom stereocenters. The Balaban J connectivity index is 1.81. The van der Waals surface area contributed by atoms with Crippen LogP contribution in [0.1, 0.15) is 27.3 Å². The van der Waals surface area contributed by atoms with E-state index in [-0.39, 0.29) is 5.91 Å². The minimum absolute atomic E-state index is 0.0744. The van der Waals surface area contributed by atoms with E-state index in [9.17, 15) is 9.00 Å². The van der Waals surface area contributed by atoms with Crippen molar-refractivity contribution in [2.24, 2.45) is 0 Å². The van der Waals surface area contributed by atoms with Crippen LogP contribution in [-0.4, -0.2) is 38.1 Å². The summed E-state index contributed by atoms with van der Waals surface area (Å²) >= 11 is 0. The summed E-state index contributed by atoms with van der Waals surface area (Å²) < 4.78 is 13.4. The van der Waals surface area contributed by atoms with Crippen LogP contribution < -0.4 is 0 Å². The molecule has 1 amide bonds. The highest BCUT2D eigenvalue weighted by Crippen LogP contribution is 2.20. The lowest BCUT2D eigenvalue weighted by molar-refractivity contribution is 0.0784. The third-order valence-electron chi connectivity index (χ3n) is 4.62. The molecule has 5 nitrogen and oxygen atoms in total. The molecule has 0 spiro atoms. The van der Waals surface area contributed by atoms with E-state index in [1.807, 2.05) is 48.9 Å². The summed E-state index contributed by atoms with van der Waals surface area (Å²) in [5.41, 5.74) is 4.56. The van der Waals surface area contributed by atoms with E-state index in [1.54, 1.807) is 42.5 Å². The molecule has 1 heterocycles. The normalized spacial score (nSPS) is 12.0. The molecule has 0 radical (unpaired) electrons. The van der Waals surface area contributed by atoms with Gasteiger partial charge in [0, 0.05) is 52.4 Å². The third kappa shape index (κ3) is 4.01. The molecule has 27 heavy (non-hydrogen) atoms. The number of aryl methyl sites for hydroxylation is 1. The lowest BCUT2D eigenvalue weighted by atomic mass is 10.1. The second-order valence-electron chi connectivity index (χ2n) is 6.54. The van der Waals surface area contributed by atoms with Gasteiger partial charge in [0.2, 0.25) is 0 Å². The molecule has 1 atom stereocenters. The molecule has 0 bridgehead atoms. The van der Waals surface area contributed by atoms with Gasteiger partial charge >= 0.3 is 0 Å². The summed E-state index contributed by atoms with van der Waals surface area (Å²) in [6, 6.07) is 16.9. The lowest BCUT2D eigenvalue weighted by Crippen LogP contribution is -2.26. The van der Waals surface area contributed by atoms with Crippen LogP contribution in [-0.2, 0) is 17.3 Å². The number of rotatable bonds is 5. The number of benzene rings is 2. The fourth-order valence-electron chi connectivity index (χ4n) is 3.04. The molecule has 0 aliphatic carbocycles. The monoisotopic (exact) mass is 381 g/mol. The topological polar surface area (TPSA) is 55.2 Å². The Morgan fingerprint density at radius 3 is 2.30 bits per heavy atom. The number of amides is 1. The molecule has 0 saturated carbocycles. The Morgan fingerprint density at radius 2 is 1.70 bits per heavy atom. The molecule has 0 fully saturated rings. The number of carbonyl (C=O) groups excluding carboxylic acids is 1. The second kappa shape index (κ2) is 7.88. The fourth-order valence-corrected chi connectivity index (χ4v) is 3.56. The minimum atomic E-state index is -1.05.